The van der Waals surface area contributed by atoms with Crippen LogP contribution in [-0.4, -0.2) is 41.6 Å². The lowest BCUT2D eigenvalue weighted by Crippen LogP contribution is -2.38. The molecule has 5 nitrogen and oxygen atoms in total. The normalized spacial score (nSPS) is 22.7. The summed E-state index contributed by atoms with van der Waals surface area (Å²) in [5, 5.41) is 5.84. The van der Waals surface area contributed by atoms with Gasteiger partial charge in [0.05, 0.1) is 0 Å². The van der Waals surface area contributed by atoms with E-state index in [0.29, 0.717) is 12.5 Å². The van der Waals surface area contributed by atoms with Gasteiger partial charge in [-0.3, -0.25) is 4.98 Å². The van der Waals surface area contributed by atoms with E-state index in [1.165, 1.54) is 25.8 Å². The number of aromatic nitrogens is 1. The Labute approximate surface area is 119 Å². The van der Waals surface area contributed by atoms with Gasteiger partial charge in [-0.15, -0.1) is 0 Å². The smallest absolute Gasteiger partial charge is 0.315 e. The molecule has 1 aliphatic heterocycles. The predicted molar refractivity (Wildman–Crippen MR) is 77.2 cm³/mol. The molecule has 1 saturated carbocycles. The van der Waals surface area contributed by atoms with Gasteiger partial charge in [0.1, 0.15) is 0 Å². The predicted octanol–water partition coefficient (Wildman–Crippen LogP) is 1.37. The fourth-order valence-electron chi connectivity index (χ4n) is 2.79. The molecule has 2 fully saturated rings. The van der Waals surface area contributed by atoms with Crippen molar-refractivity contribution in [3.8, 4) is 0 Å². The summed E-state index contributed by atoms with van der Waals surface area (Å²) in [6.45, 7) is 3.66. The monoisotopic (exact) mass is 274 g/mol. The third-order valence-corrected chi connectivity index (χ3v) is 4.11. The second kappa shape index (κ2) is 6.22. The van der Waals surface area contributed by atoms with E-state index in [9.17, 15) is 4.79 Å². The van der Waals surface area contributed by atoms with Gasteiger partial charge in [-0.2, -0.15) is 0 Å². The highest BCUT2D eigenvalue weighted by atomic mass is 16.2. The third-order valence-electron chi connectivity index (χ3n) is 4.11. The molecule has 0 radical (unpaired) electrons. The van der Waals surface area contributed by atoms with Gasteiger partial charge in [0.2, 0.25) is 0 Å². The van der Waals surface area contributed by atoms with Crippen molar-refractivity contribution in [3.05, 3.63) is 30.1 Å². The molecule has 5 heteroatoms. The highest BCUT2D eigenvalue weighted by molar-refractivity contribution is 5.73. The Kier molecular flexibility index (Phi) is 4.16. The average Bonchev–Trinajstić information content (AvgIpc) is 3.23. The van der Waals surface area contributed by atoms with Gasteiger partial charge in [-0.25, -0.2) is 4.79 Å². The van der Waals surface area contributed by atoms with Crippen molar-refractivity contribution in [2.45, 2.75) is 31.8 Å². The Morgan fingerprint density at radius 2 is 2.25 bits per heavy atom. The molecule has 2 heterocycles. The van der Waals surface area contributed by atoms with Crippen LogP contribution in [0.2, 0.25) is 0 Å². The SMILES string of the molecule is O=C(NCc1cccnc1)NC[C@@H]1CCN(C2CC2)C1. The Balaban J connectivity index is 1.33. The van der Waals surface area contributed by atoms with E-state index in [1.54, 1.807) is 12.4 Å². The van der Waals surface area contributed by atoms with Crippen molar-refractivity contribution in [3.63, 3.8) is 0 Å². The minimum Gasteiger partial charge on any atom is -0.338 e. The van der Waals surface area contributed by atoms with Crippen molar-refractivity contribution in [2.75, 3.05) is 19.6 Å². The van der Waals surface area contributed by atoms with Crippen LogP contribution in [0.3, 0.4) is 0 Å². The fraction of sp³-hybridized carbons (Fsp3) is 0.600. The zero-order valence-corrected chi connectivity index (χ0v) is 11.7. The van der Waals surface area contributed by atoms with E-state index in [2.05, 4.69) is 20.5 Å². The zero-order chi connectivity index (χ0) is 13.8. The molecule has 0 aromatic carbocycles. The number of likely N-dealkylation sites (tertiary alicyclic amines) is 1. The van der Waals surface area contributed by atoms with Gasteiger partial charge < -0.3 is 15.5 Å². The van der Waals surface area contributed by atoms with E-state index < -0.39 is 0 Å². The van der Waals surface area contributed by atoms with Gasteiger partial charge in [0, 0.05) is 38.1 Å². The van der Waals surface area contributed by atoms with E-state index in [0.717, 1.165) is 24.7 Å². The van der Waals surface area contributed by atoms with Crippen LogP contribution >= 0.6 is 0 Å². The summed E-state index contributed by atoms with van der Waals surface area (Å²) in [6.07, 6.45) is 7.44. The summed E-state index contributed by atoms with van der Waals surface area (Å²) in [5.41, 5.74) is 1.02. The summed E-state index contributed by atoms with van der Waals surface area (Å²) < 4.78 is 0. The molecule has 0 spiro atoms. The lowest BCUT2D eigenvalue weighted by Gasteiger charge is -2.15. The van der Waals surface area contributed by atoms with Crippen LogP contribution in [0.1, 0.15) is 24.8 Å². The third kappa shape index (κ3) is 3.70. The Morgan fingerprint density at radius 3 is 3.00 bits per heavy atom. The summed E-state index contributed by atoms with van der Waals surface area (Å²) in [6, 6.07) is 4.59. The largest absolute Gasteiger partial charge is 0.338 e. The molecule has 1 aromatic rings. The first kappa shape index (κ1) is 13.4. The van der Waals surface area contributed by atoms with E-state index in [-0.39, 0.29) is 6.03 Å². The minimum atomic E-state index is -0.0845. The average molecular weight is 274 g/mol. The molecule has 0 bridgehead atoms. The zero-order valence-electron chi connectivity index (χ0n) is 11.7. The van der Waals surface area contributed by atoms with Crippen molar-refractivity contribution in [1.29, 1.82) is 0 Å². The molecule has 2 amide bonds. The first-order chi connectivity index (χ1) is 9.81. The number of carbonyl (C=O) groups is 1. The maximum atomic E-state index is 11.7. The van der Waals surface area contributed by atoms with Crippen molar-refractivity contribution in [1.82, 2.24) is 20.5 Å². The van der Waals surface area contributed by atoms with Gasteiger partial charge in [-0.1, -0.05) is 6.07 Å². The van der Waals surface area contributed by atoms with Gasteiger partial charge in [-0.05, 0) is 43.4 Å². The number of rotatable bonds is 5. The first-order valence-electron chi connectivity index (χ1n) is 7.46. The van der Waals surface area contributed by atoms with Gasteiger partial charge in [0.15, 0.2) is 0 Å². The molecule has 2 N–H and O–H groups in total. The minimum absolute atomic E-state index is 0.0845. The standard InChI is InChI=1S/C15H22N4O/c20-15(17-9-12-2-1-6-16-8-12)18-10-13-5-7-19(11-13)14-3-4-14/h1-2,6,8,13-14H,3-5,7,9-11H2,(H2,17,18,20)/t13-/m0/s1. The van der Waals surface area contributed by atoms with Gasteiger partial charge >= 0.3 is 6.03 Å². The summed E-state index contributed by atoms with van der Waals surface area (Å²) in [5.74, 6) is 0.611. The number of pyridine rings is 1. The van der Waals surface area contributed by atoms with E-state index >= 15 is 0 Å². The van der Waals surface area contributed by atoms with Gasteiger partial charge in [0.25, 0.3) is 0 Å². The summed E-state index contributed by atoms with van der Waals surface area (Å²) in [4.78, 5) is 18.3. The summed E-state index contributed by atoms with van der Waals surface area (Å²) >= 11 is 0. The Bertz CT molecular complexity index is 446. The van der Waals surface area contributed by atoms with E-state index in [1.807, 2.05) is 12.1 Å². The molecular formula is C15H22N4O. The second-order valence-corrected chi connectivity index (χ2v) is 5.81. The molecule has 0 unspecified atom stereocenters. The maximum absolute atomic E-state index is 11.7. The van der Waals surface area contributed by atoms with Crippen molar-refractivity contribution >= 4 is 6.03 Å². The van der Waals surface area contributed by atoms with Crippen LogP contribution < -0.4 is 10.6 Å². The molecule has 1 atom stereocenters. The Hall–Kier alpha value is -1.62. The van der Waals surface area contributed by atoms with Crippen LogP contribution in [0, 0.1) is 5.92 Å². The first-order valence-corrected chi connectivity index (χ1v) is 7.46. The lowest BCUT2D eigenvalue weighted by molar-refractivity contribution is 0.238. The topological polar surface area (TPSA) is 57.3 Å². The fourth-order valence-corrected chi connectivity index (χ4v) is 2.79. The summed E-state index contributed by atoms with van der Waals surface area (Å²) in [7, 11) is 0. The molecule has 1 aliphatic carbocycles. The highest BCUT2D eigenvalue weighted by Crippen LogP contribution is 2.31. The van der Waals surface area contributed by atoms with Crippen LogP contribution in [0.15, 0.2) is 24.5 Å². The van der Waals surface area contributed by atoms with Crippen molar-refractivity contribution < 1.29 is 4.79 Å². The molecule has 2 aliphatic rings. The maximum Gasteiger partial charge on any atom is 0.315 e. The Morgan fingerprint density at radius 1 is 1.35 bits per heavy atom. The van der Waals surface area contributed by atoms with Crippen LogP contribution in [0.5, 0.6) is 0 Å². The number of urea groups is 1. The lowest BCUT2D eigenvalue weighted by atomic mass is 10.1. The number of hydrogen-bond donors (Lipinski definition) is 2. The van der Waals surface area contributed by atoms with Crippen LogP contribution in [-0.2, 0) is 6.54 Å². The number of carbonyl (C=O) groups excluding carboxylic acids is 1. The number of nitrogens with zero attached hydrogens (tertiary/aromatic N) is 2. The quantitative estimate of drug-likeness (QED) is 0.852. The molecule has 1 saturated heterocycles. The van der Waals surface area contributed by atoms with Crippen LogP contribution in [0.4, 0.5) is 4.79 Å². The molecule has 3 rings (SSSR count). The molecule has 20 heavy (non-hydrogen) atoms. The molecule has 108 valence electrons. The number of nitrogens with one attached hydrogen (secondary N) is 2. The number of hydrogen-bond acceptors (Lipinski definition) is 3. The van der Waals surface area contributed by atoms with E-state index in [4.69, 9.17) is 0 Å². The highest BCUT2D eigenvalue weighted by Gasteiger charge is 2.34. The second-order valence-electron chi connectivity index (χ2n) is 5.81. The van der Waals surface area contributed by atoms with Crippen molar-refractivity contribution in [2.24, 2.45) is 5.92 Å². The van der Waals surface area contributed by atoms with Crippen LogP contribution in [0.25, 0.3) is 0 Å². The molecule has 1 aromatic heterocycles. The number of amides is 2. The molecular weight excluding hydrogens is 252 g/mol.